The van der Waals surface area contributed by atoms with E-state index >= 15 is 0 Å². The summed E-state index contributed by atoms with van der Waals surface area (Å²) in [6.07, 6.45) is 0.791. The number of nitrogens with two attached hydrogens (primary N) is 1. The SMILES string of the molecule is CCC(C)(CO)Nc1nc(N)nc2sccc12. The third-order valence-electron chi connectivity index (χ3n) is 2.89. The molecule has 1 unspecified atom stereocenters. The van der Waals surface area contributed by atoms with Crippen LogP contribution in [-0.4, -0.2) is 27.2 Å². The third kappa shape index (κ3) is 2.32. The van der Waals surface area contributed by atoms with E-state index in [4.69, 9.17) is 5.73 Å². The van der Waals surface area contributed by atoms with Gasteiger partial charge in [0.15, 0.2) is 0 Å². The van der Waals surface area contributed by atoms with Crippen molar-refractivity contribution >= 4 is 33.3 Å². The summed E-state index contributed by atoms with van der Waals surface area (Å²) < 4.78 is 0. The average molecular weight is 252 g/mol. The first-order chi connectivity index (χ1) is 8.08. The van der Waals surface area contributed by atoms with Gasteiger partial charge in [0.05, 0.1) is 17.5 Å². The number of nitrogens with one attached hydrogen (secondary N) is 1. The van der Waals surface area contributed by atoms with Gasteiger partial charge in [-0.25, -0.2) is 4.98 Å². The fourth-order valence-electron chi connectivity index (χ4n) is 1.49. The van der Waals surface area contributed by atoms with Crippen molar-refractivity contribution in [2.75, 3.05) is 17.7 Å². The molecule has 2 heterocycles. The maximum atomic E-state index is 9.40. The van der Waals surface area contributed by atoms with E-state index in [0.717, 1.165) is 16.6 Å². The molecule has 0 aliphatic heterocycles. The third-order valence-corrected chi connectivity index (χ3v) is 3.70. The van der Waals surface area contributed by atoms with Gasteiger partial charge in [0.2, 0.25) is 5.95 Å². The van der Waals surface area contributed by atoms with Crippen molar-refractivity contribution in [2.24, 2.45) is 0 Å². The van der Waals surface area contributed by atoms with Gasteiger partial charge < -0.3 is 16.2 Å². The van der Waals surface area contributed by atoms with Gasteiger partial charge >= 0.3 is 0 Å². The molecule has 2 aromatic heterocycles. The van der Waals surface area contributed by atoms with Crippen molar-refractivity contribution in [3.8, 4) is 0 Å². The number of nitrogen functional groups attached to an aromatic ring is 1. The van der Waals surface area contributed by atoms with E-state index in [0.29, 0.717) is 5.82 Å². The Morgan fingerprint density at radius 2 is 2.29 bits per heavy atom. The first kappa shape index (κ1) is 12.1. The Labute approximate surface area is 104 Å². The molecule has 0 bridgehead atoms. The fraction of sp³-hybridized carbons (Fsp3) is 0.455. The summed E-state index contributed by atoms with van der Waals surface area (Å²) in [4.78, 5) is 9.22. The van der Waals surface area contributed by atoms with E-state index < -0.39 is 5.54 Å². The van der Waals surface area contributed by atoms with Crippen molar-refractivity contribution in [1.29, 1.82) is 0 Å². The summed E-state index contributed by atoms with van der Waals surface area (Å²) in [7, 11) is 0. The molecule has 6 heteroatoms. The van der Waals surface area contributed by atoms with E-state index in [2.05, 4.69) is 15.3 Å². The number of hydrogen-bond acceptors (Lipinski definition) is 6. The number of anilines is 2. The van der Waals surface area contributed by atoms with Gasteiger partial charge in [0, 0.05) is 0 Å². The topological polar surface area (TPSA) is 84.1 Å². The predicted octanol–water partition coefficient (Wildman–Crippen LogP) is 1.85. The highest BCUT2D eigenvalue weighted by Gasteiger charge is 2.22. The number of aliphatic hydroxyl groups excluding tert-OH is 1. The molecule has 2 rings (SSSR count). The van der Waals surface area contributed by atoms with Crippen LogP contribution in [0.2, 0.25) is 0 Å². The molecule has 5 nitrogen and oxygen atoms in total. The van der Waals surface area contributed by atoms with Gasteiger partial charge in [-0.1, -0.05) is 6.92 Å². The number of rotatable bonds is 4. The van der Waals surface area contributed by atoms with Crippen molar-refractivity contribution in [2.45, 2.75) is 25.8 Å². The number of fused-ring (bicyclic) bond motifs is 1. The molecule has 0 spiro atoms. The second kappa shape index (κ2) is 4.46. The van der Waals surface area contributed by atoms with Gasteiger partial charge in [0.25, 0.3) is 0 Å². The molecule has 0 saturated carbocycles. The van der Waals surface area contributed by atoms with Crippen LogP contribution < -0.4 is 11.1 Å². The number of nitrogens with zero attached hydrogens (tertiary/aromatic N) is 2. The van der Waals surface area contributed by atoms with Crippen molar-refractivity contribution in [3.63, 3.8) is 0 Å². The molecule has 2 aromatic rings. The molecule has 0 amide bonds. The highest BCUT2D eigenvalue weighted by molar-refractivity contribution is 7.16. The first-order valence-electron chi connectivity index (χ1n) is 5.48. The van der Waals surface area contributed by atoms with E-state index in [1.807, 2.05) is 25.3 Å². The molecule has 0 aromatic carbocycles. The molecule has 0 aliphatic rings. The Morgan fingerprint density at radius 1 is 1.53 bits per heavy atom. The van der Waals surface area contributed by atoms with Gasteiger partial charge in [-0.05, 0) is 24.8 Å². The van der Waals surface area contributed by atoms with Crippen LogP contribution in [0.5, 0.6) is 0 Å². The summed E-state index contributed by atoms with van der Waals surface area (Å²) >= 11 is 1.52. The van der Waals surface area contributed by atoms with Crippen LogP contribution in [0.4, 0.5) is 11.8 Å². The highest BCUT2D eigenvalue weighted by atomic mass is 32.1. The number of aliphatic hydroxyl groups is 1. The summed E-state index contributed by atoms with van der Waals surface area (Å²) in [5.41, 5.74) is 5.27. The summed E-state index contributed by atoms with van der Waals surface area (Å²) in [6, 6.07) is 1.95. The smallest absolute Gasteiger partial charge is 0.223 e. The highest BCUT2D eigenvalue weighted by Crippen LogP contribution is 2.28. The van der Waals surface area contributed by atoms with E-state index in [1.54, 1.807) is 0 Å². The average Bonchev–Trinajstić information content (AvgIpc) is 2.77. The molecule has 4 N–H and O–H groups in total. The molecule has 0 saturated heterocycles. The molecule has 0 aliphatic carbocycles. The Balaban J connectivity index is 2.44. The zero-order chi connectivity index (χ0) is 12.5. The summed E-state index contributed by atoms with van der Waals surface area (Å²) in [5.74, 6) is 0.936. The van der Waals surface area contributed by atoms with Crippen LogP contribution >= 0.6 is 11.3 Å². The van der Waals surface area contributed by atoms with Crippen LogP contribution in [0, 0.1) is 0 Å². The zero-order valence-electron chi connectivity index (χ0n) is 9.90. The van der Waals surface area contributed by atoms with Crippen molar-refractivity contribution in [1.82, 2.24) is 9.97 Å². The van der Waals surface area contributed by atoms with E-state index in [1.165, 1.54) is 11.3 Å². The molecule has 1 atom stereocenters. The lowest BCUT2D eigenvalue weighted by Gasteiger charge is -2.28. The van der Waals surface area contributed by atoms with Crippen LogP contribution in [0.1, 0.15) is 20.3 Å². The maximum Gasteiger partial charge on any atom is 0.223 e. The standard InChI is InChI=1S/C11H16N4OS/c1-3-11(2,6-16)15-8-7-4-5-17-9(7)14-10(12)13-8/h4-5,16H,3,6H2,1-2H3,(H3,12,13,14,15). The fourth-order valence-corrected chi connectivity index (χ4v) is 2.26. The largest absolute Gasteiger partial charge is 0.394 e. The van der Waals surface area contributed by atoms with Crippen LogP contribution in [0.15, 0.2) is 11.4 Å². The number of hydrogen-bond donors (Lipinski definition) is 3. The molecule has 17 heavy (non-hydrogen) atoms. The minimum Gasteiger partial charge on any atom is -0.394 e. The van der Waals surface area contributed by atoms with Gasteiger partial charge in [0.1, 0.15) is 10.6 Å². The second-order valence-electron chi connectivity index (χ2n) is 4.27. The Hall–Kier alpha value is -1.40. The Kier molecular flexibility index (Phi) is 3.17. The van der Waals surface area contributed by atoms with Gasteiger partial charge in [-0.2, -0.15) is 4.98 Å². The molecule has 0 radical (unpaired) electrons. The second-order valence-corrected chi connectivity index (χ2v) is 5.16. The van der Waals surface area contributed by atoms with E-state index in [9.17, 15) is 5.11 Å². The minimum atomic E-state index is -0.393. The maximum absolute atomic E-state index is 9.40. The lowest BCUT2D eigenvalue weighted by molar-refractivity contribution is 0.218. The molecular weight excluding hydrogens is 236 g/mol. The Morgan fingerprint density at radius 3 is 2.94 bits per heavy atom. The molecular formula is C11H16N4OS. The van der Waals surface area contributed by atoms with Gasteiger partial charge in [-0.15, -0.1) is 11.3 Å². The predicted molar refractivity (Wildman–Crippen MR) is 71.2 cm³/mol. The van der Waals surface area contributed by atoms with E-state index in [-0.39, 0.29) is 12.6 Å². The quantitative estimate of drug-likeness (QED) is 0.773. The number of thiophene rings is 1. The van der Waals surface area contributed by atoms with Crippen LogP contribution in [0.25, 0.3) is 10.2 Å². The summed E-state index contributed by atoms with van der Waals surface area (Å²) in [6.45, 7) is 4.00. The Bertz CT molecular complexity index is 521. The lowest BCUT2D eigenvalue weighted by Crippen LogP contribution is -2.38. The first-order valence-corrected chi connectivity index (χ1v) is 6.36. The monoisotopic (exact) mass is 252 g/mol. The normalized spacial score (nSPS) is 14.8. The van der Waals surface area contributed by atoms with Gasteiger partial charge in [-0.3, -0.25) is 0 Å². The summed E-state index contributed by atoms with van der Waals surface area (Å²) in [5, 5.41) is 15.5. The lowest BCUT2D eigenvalue weighted by atomic mass is 10.0. The van der Waals surface area contributed by atoms with Crippen molar-refractivity contribution in [3.05, 3.63) is 11.4 Å². The number of aromatic nitrogens is 2. The molecule has 0 fully saturated rings. The zero-order valence-corrected chi connectivity index (χ0v) is 10.7. The minimum absolute atomic E-state index is 0.0407. The van der Waals surface area contributed by atoms with Crippen LogP contribution in [0.3, 0.4) is 0 Å². The molecule has 92 valence electrons. The van der Waals surface area contributed by atoms with Crippen molar-refractivity contribution < 1.29 is 5.11 Å². The van der Waals surface area contributed by atoms with Crippen LogP contribution in [-0.2, 0) is 0 Å².